The summed E-state index contributed by atoms with van der Waals surface area (Å²) in [6.45, 7) is 2.24. The van der Waals surface area contributed by atoms with Crippen LogP contribution < -0.4 is 15.0 Å². The number of para-hydroxylation sites is 2. The molecule has 0 saturated heterocycles. The average Bonchev–Trinajstić information content (AvgIpc) is 2.49. The van der Waals surface area contributed by atoms with Crippen LogP contribution in [0.5, 0.6) is 5.75 Å². The fourth-order valence-electron chi connectivity index (χ4n) is 1.97. The molecule has 6 nitrogen and oxygen atoms in total. The highest BCUT2D eigenvalue weighted by atomic mass is 16.5. The van der Waals surface area contributed by atoms with Crippen LogP contribution in [0.1, 0.15) is 19.8 Å². The fraction of sp³-hybridized carbons (Fsp3) is 0.467. The van der Waals surface area contributed by atoms with Gasteiger partial charge in [-0.1, -0.05) is 25.5 Å². The van der Waals surface area contributed by atoms with E-state index in [2.05, 4.69) is 5.32 Å². The second-order valence-electron chi connectivity index (χ2n) is 4.79. The number of anilines is 1. The van der Waals surface area contributed by atoms with Crippen LogP contribution in [0.15, 0.2) is 24.3 Å². The van der Waals surface area contributed by atoms with Gasteiger partial charge in [0.15, 0.2) is 0 Å². The van der Waals surface area contributed by atoms with Crippen LogP contribution in [0, 0.1) is 5.92 Å². The van der Waals surface area contributed by atoms with E-state index in [0.717, 1.165) is 0 Å². The molecule has 0 aliphatic carbocycles. The molecule has 2 N–H and O–H groups in total. The zero-order chi connectivity index (χ0) is 15.8. The van der Waals surface area contributed by atoms with Crippen molar-refractivity contribution >= 4 is 17.7 Å². The van der Waals surface area contributed by atoms with Gasteiger partial charge in [-0.15, -0.1) is 0 Å². The summed E-state index contributed by atoms with van der Waals surface area (Å²) in [4.78, 5) is 24.3. The van der Waals surface area contributed by atoms with E-state index in [4.69, 9.17) is 9.84 Å². The van der Waals surface area contributed by atoms with Crippen molar-refractivity contribution in [2.75, 3.05) is 25.6 Å². The Balaban J connectivity index is 2.64. The van der Waals surface area contributed by atoms with E-state index < -0.39 is 5.97 Å². The van der Waals surface area contributed by atoms with Crippen LogP contribution >= 0.6 is 0 Å². The molecular weight excluding hydrogens is 272 g/mol. The van der Waals surface area contributed by atoms with Crippen molar-refractivity contribution in [1.82, 2.24) is 5.32 Å². The Morgan fingerprint density at radius 2 is 2.05 bits per heavy atom. The number of hydrogen-bond acceptors (Lipinski definition) is 3. The molecule has 1 unspecified atom stereocenters. The number of methoxy groups -OCH3 is 1. The largest absolute Gasteiger partial charge is 0.495 e. The van der Waals surface area contributed by atoms with E-state index in [1.54, 1.807) is 26.3 Å². The van der Waals surface area contributed by atoms with Gasteiger partial charge in [0, 0.05) is 20.0 Å². The Kier molecular flexibility index (Phi) is 6.52. The predicted octanol–water partition coefficient (Wildman–Crippen LogP) is 2.34. The van der Waals surface area contributed by atoms with E-state index in [-0.39, 0.29) is 18.4 Å². The van der Waals surface area contributed by atoms with Gasteiger partial charge in [0.2, 0.25) is 0 Å². The Labute approximate surface area is 124 Å². The molecule has 0 saturated carbocycles. The van der Waals surface area contributed by atoms with Gasteiger partial charge < -0.3 is 15.2 Å². The maximum atomic E-state index is 12.1. The predicted molar refractivity (Wildman–Crippen MR) is 80.8 cm³/mol. The van der Waals surface area contributed by atoms with Crippen molar-refractivity contribution in [1.29, 1.82) is 0 Å². The number of ether oxygens (including phenoxy) is 1. The molecule has 0 spiro atoms. The number of carbonyl (C=O) groups is 2. The summed E-state index contributed by atoms with van der Waals surface area (Å²) in [5.74, 6) is -0.320. The molecule has 1 aromatic carbocycles. The Hall–Kier alpha value is -2.24. The van der Waals surface area contributed by atoms with Gasteiger partial charge in [-0.2, -0.15) is 0 Å². The van der Waals surface area contributed by atoms with E-state index in [0.29, 0.717) is 24.4 Å². The van der Waals surface area contributed by atoms with Crippen LogP contribution in [0.25, 0.3) is 0 Å². The SMILES string of the molecule is CCC(CNC(=O)N(C)c1ccccc1OC)CC(=O)O. The molecule has 2 amide bonds. The summed E-state index contributed by atoms with van der Waals surface area (Å²) in [6.07, 6.45) is 0.750. The molecule has 0 heterocycles. The third-order valence-electron chi connectivity index (χ3n) is 3.33. The highest BCUT2D eigenvalue weighted by Crippen LogP contribution is 2.26. The van der Waals surface area contributed by atoms with Gasteiger partial charge in [0.1, 0.15) is 5.75 Å². The van der Waals surface area contributed by atoms with Gasteiger partial charge in [-0.25, -0.2) is 4.79 Å². The van der Waals surface area contributed by atoms with Crippen molar-refractivity contribution in [3.05, 3.63) is 24.3 Å². The molecule has 1 rings (SSSR count). The highest BCUT2D eigenvalue weighted by molar-refractivity contribution is 5.93. The smallest absolute Gasteiger partial charge is 0.321 e. The van der Waals surface area contributed by atoms with Crippen LogP contribution in [0.3, 0.4) is 0 Å². The zero-order valence-electron chi connectivity index (χ0n) is 12.6. The van der Waals surface area contributed by atoms with Gasteiger partial charge in [0.25, 0.3) is 0 Å². The van der Waals surface area contributed by atoms with E-state index in [1.807, 2.05) is 19.1 Å². The minimum atomic E-state index is -0.853. The summed E-state index contributed by atoms with van der Waals surface area (Å²) in [7, 11) is 3.19. The zero-order valence-corrected chi connectivity index (χ0v) is 12.6. The second kappa shape index (κ2) is 8.14. The number of carboxylic acids is 1. The van der Waals surface area contributed by atoms with Gasteiger partial charge in [0.05, 0.1) is 12.8 Å². The second-order valence-corrected chi connectivity index (χ2v) is 4.79. The molecular formula is C15H22N2O4. The topological polar surface area (TPSA) is 78.9 Å². The summed E-state index contributed by atoms with van der Waals surface area (Å²) in [6, 6.07) is 6.92. The first-order chi connectivity index (χ1) is 9.99. The van der Waals surface area contributed by atoms with Crippen molar-refractivity contribution in [2.45, 2.75) is 19.8 Å². The number of carbonyl (C=O) groups excluding carboxylic acids is 1. The number of urea groups is 1. The number of amides is 2. The number of carboxylic acid groups (broad SMARTS) is 1. The highest BCUT2D eigenvalue weighted by Gasteiger charge is 2.17. The lowest BCUT2D eigenvalue weighted by molar-refractivity contribution is -0.138. The van der Waals surface area contributed by atoms with E-state index >= 15 is 0 Å². The Morgan fingerprint density at radius 3 is 2.62 bits per heavy atom. The quantitative estimate of drug-likeness (QED) is 0.809. The van der Waals surface area contributed by atoms with Crippen molar-refractivity contribution in [3.63, 3.8) is 0 Å². The normalized spacial score (nSPS) is 11.6. The van der Waals surface area contributed by atoms with Crippen LogP contribution in [-0.2, 0) is 4.79 Å². The van der Waals surface area contributed by atoms with E-state index in [9.17, 15) is 9.59 Å². The molecule has 1 atom stereocenters. The van der Waals surface area contributed by atoms with E-state index in [1.165, 1.54) is 4.90 Å². The summed E-state index contributed by atoms with van der Waals surface area (Å²) >= 11 is 0. The molecule has 116 valence electrons. The summed E-state index contributed by atoms with van der Waals surface area (Å²) in [5.41, 5.74) is 0.656. The first-order valence-electron chi connectivity index (χ1n) is 6.85. The molecule has 0 aliphatic rings. The van der Waals surface area contributed by atoms with Crippen LogP contribution in [-0.4, -0.2) is 37.8 Å². The third kappa shape index (κ3) is 4.98. The van der Waals surface area contributed by atoms with Crippen molar-refractivity contribution in [2.24, 2.45) is 5.92 Å². The lowest BCUT2D eigenvalue weighted by Crippen LogP contribution is -2.40. The third-order valence-corrected chi connectivity index (χ3v) is 3.33. The molecule has 0 fully saturated rings. The van der Waals surface area contributed by atoms with Crippen molar-refractivity contribution < 1.29 is 19.4 Å². The standard InChI is InChI=1S/C15H22N2O4/c1-4-11(9-14(18)19)10-16-15(20)17(2)12-7-5-6-8-13(12)21-3/h5-8,11H,4,9-10H2,1-3H3,(H,16,20)(H,18,19). The lowest BCUT2D eigenvalue weighted by atomic mass is 10.0. The maximum Gasteiger partial charge on any atom is 0.321 e. The Morgan fingerprint density at radius 1 is 1.38 bits per heavy atom. The number of rotatable bonds is 7. The summed E-state index contributed by atoms with van der Waals surface area (Å²) in [5, 5.41) is 11.6. The van der Waals surface area contributed by atoms with Gasteiger partial charge in [-0.05, 0) is 18.1 Å². The maximum absolute atomic E-state index is 12.1. The van der Waals surface area contributed by atoms with Gasteiger partial charge >= 0.3 is 12.0 Å². The fourth-order valence-corrected chi connectivity index (χ4v) is 1.97. The molecule has 6 heteroatoms. The minimum Gasteiger partial charge on any atom is -0.495 e. The lowest BCUT2D eigenvalue weighted by Gasteiger charge is -2.22. The molecule has 0 radical (unpaired) electrons. The first kappa shape index (κ1) is 16.8. The molecule has 0 bridgehead atoms. The van der Waals surface area contributed by atoms with Crippen LogP contribution in [0.4, 0.5) is 10.5 Å². The Bertz CT molecular complexity index is 490. The molecule has 0 aliphatic heterocycles. The monoisotopic (exact) mass is 294 g/mol. The number of nitrogens with one attached hydrogen (secondary N) is 1. The van der Waals surface area contributed by atoms with Crippen LogP contribution in [0.2, 0.25) is 0 Å². The number of benzene rings is 1. The summed E-state index contributed by atoms with van der Waals surface area (Å²) < 4.78 is 5.22. The number of aliphatic carboxylic acids is 1. The van der Waals surface area contributed by atoms with Crippen molar-refractivity contribution in [3.8, 4) is 5.75 Å². The molecule has 21 heavy (non-hydrogen) atoms. The number of hydrogen-bond donors (Lipinski definition) is 2. The van der Waals surface area contributed by atoms with Gasteiger partial charge in [-0.3, -0.25) is 9.69 Å². The first-order valence-corrected chi connectivity index (χ1v) is 6.85. The minimum absolute atomic E-state index is 0.0507. The number of nitrogens with zero attached hydrogens (tertiary/aromatic N) is 1. The molecule has 0 aromatic heterocycles. The molecule has 1 aromatic rings. The average molecular weight is 294 g/mol.